The fourth-order valence-corrected chi connectivity index (χ4v) is 5.39. The lowest BCUT2D eigenvalue weighted by atomic mass is 10.0. The Kier molecular flexibility index (Phi) is 7.25. The average Bonchev–Trinajstić information content (AvgIpc) is 2.77. The van der Waals surface area contributed by atoms with Crippen molar-refractivity contribution < 1.29 is 8.42 Å². The quantitative estimate of drug-likeness (QED) is 0.648. The smallest absolute Gasteiger partial charge is 0.299 e. The predicted octanol–water partition coefficient (Wildman–Crippen LogP) is 3.79. The number of halogens is 2. The number of nitrogens with zero attached hydrogens (tertiary/aromatic N) is 3. The third-order valence-electron chi connectivity index (χ3n) is 5.61. The molecular formula is C23H23Cl2N5O2S. The molecule has 2 aromatic rings. The van der Waals surface area contributed by atoms with E-state index in [-0.39, 0.29) is 12.5 Å². The van der Waals surface area contributed by atoms with Gasteiger partial charge in [0.25, 0.3) is 0 Å². The van der Waals surface area contributed by atoms with E-state index in [1.54, 1.807) is 24.3 Å². The minimum atomic E-state index is -3.75. The van der Waals surface area contributed by atoms with Crippen LogP contribution in [0.25, 0.3) is 0 Å². The highest BCUT2D eigenvalue weighted by Gasteiger charge is 2.24. The molecule has 4 rings (SSSR count). The van der Waals surface area contributed by atoms with Crippen molar-refractivity contribution >= 4 is 39.2 Å². The summed E-state index contributed by atoms with van der Waals surface area (Å²) in [5, 5.41) is 9.89. The zero-order valence-corrected chi connectivity index (χ0v) is 20.1. The second kappa shape index (κ2) is 10.1. The standard InChI is InChI=1S/C23H23Cl2N5O2S/c24-21-2-1-3-22(25)20(21)12-19-13-23(29-33(31,32)28-19)27-18-8-10-30(11-9-18)15-17-6-4-16(14-26)5-7-17/h1-7,13,18,28H,8-12,15H2,(H,27,29). The van der Waals surface area contributed by atoms with Crippen LogP contribution in [0.4, 0.5) is 0 Å². The first-order valence-corrected chi connectivity index (χ1v) is 12.8. The summed E-state index contributed by atoms with van der Waals surface area (Å²) in [6, 6.07) is 15.0. The molecule has 0 bridgehead atoms. The Bertz CT molecular complexity index is 1210. The second-order valence-corrected chi connectivity index (χ2v) is 10.3. The maximum Gasteiger partial charge on any atom is 0.322 e. The van der Waals surface area contributed by atoms with Crippen LogP contribution in [-0.2, 0) is 23.2 Å². The van der Waals surface area contributed by atoms with Gasteiger partial charge in [0.1, 0.15) is 5.84 Å². The van der Waals surface area contributed by atoms with Crippen LogP contribution in [0, 0.1) is 11.3 Å². The first kappa shape index (κ1) is 23.6. The van der Waals surface area contributed by atoms with Crippen LogP contribution in [0.3, 0.4) is 0 Å². The number of hydrogen-bond acceptors (Lipinski definition) is 5. The maximum absolute atomic E-state index is 12.3. The fraction of sp³-hybridized carbons (Fsp3) is 0.304. The van der Waals surface area contributed by atoms with Crippen LogP contribution < -0.4 is 9.44 Å². The number of nitriles is 1. The summed E-state index contributed by atoms with van der Waals surface area (Å²) in [5.74, 6) is 0.317. The molecule has 33 heavy (non-hydrogen) atoms. The zero-order valence-electron chi connectivity index (χ0n) is 17.8. The molecule has 0 atom stereocenters. The van der Waals surface area contributed by atoms with E-state index >= 15 is 0 Å². The largest absolute Gasteiger partial charge is 0.322 e. The molecule has 10 heteroatoms. The second-order valence-electron chi connectivity index (χ2n) is 8.08. The van der Waals surface area contributed by atoms with Crippen LogP contribution >= 0.6 is 23.2 Å². The summed E-state index contributed by atoms with van der Waals surface area (Å²) in [7, 11) is -3.75. The first-order valence-electron chi connectivity index (χ1n) is 10.5. The SMILES string of the molecule is N#Cc1ccc(CN2CCC(N=C3C=C(Cc4c(Cl)cccc4Cl)NS(=O)(=O)N3)CC2)cc1. The van der Waals surface area contributed by atoms with Gasteiger partial charge >= 0.3 is 10.2 Å². The number of rotatable bonds is 5. The van der Waals surface area contributed by atoms with E-state index in [1.165, 1.54) is 0 Å². The number of benzene rings is 2. The normalized spacial score (nSPS) is 19.9. The Morgan fingerprint density at radius 1 is 1.06 bits per heavy atom. The van der Waals surface area contributed by atoms with E-state index in [4.69, 9.17) is 28.5 Å². The first-order chi connectivity index (χ1) is 15.8. The lowest BCUT2D eigenvalue weighted by molar-refractivity contribution is 0.206. The lowest BCUT2D eigenvalue weighted by Crippen LogP contribution is -2.45. The highest BCUT2D eigenvalue weighted by molar-refractivity contribution is 7.88. The Morgan fingerprint density at radius 2 is 1.73 bits per heavy atom. The molecule has 0 amide bonds. The molecule has 2 N–H and O–H groups in total. The van der Waals surface area contributed by atoms with Gasteiger partial charge in [-0.2, -0.15) is 13.7 Å². The number of amidine groups is 1. The van der Waals surface area contributed by atoms with Crippen LogP contribution in [0.15, 0.2) is 59.2 Å². The summed E-state index contributed by atoms with van der Waals surface area (Å²) in [6.07, 6.45) is 3.61. The van der Waals surface area contributed by atoms with Crippen molar-refractivity contribution in [3.05, 3.63) is 81.0 Å². The molecular weight excluding hydrogens is 481 g/mol. The molecule has 2 aromatic carbocycles. The highest BCUT2D eigenvalue weighted by atomic mass is 35.5. The third kappa shape index (κ3) is 6.27. The van der Waals surface area contributed by atoms with E-state index in [0.29, 0.717) is 32.7 Å². The van der Waals surface area contributed by atoms with E-state index in [1.807, 2.05) is 24.3 Å². The van der Waals surface area contributed by atoms with Gasteiger partial charge in [0.05, 0.1) is 17.7 Å². The van der Waals surface area contributed by atoms with Crippen molar-refractivity contribution in [3.8, 4) is 6.07 Å². The molecule has 0 unspecified atom stereocenters. The molecule has 0 aliphatic carbocycles. The monoisotopic (exact) mass is 503 g/mol. The van der Waals surface area contributed by atoms with Crippen LogP contribution in [0.5, 0.6) is 0 Å². The number of likely N-dealkylation sites (tertiary alicyclic amines) is 1. The molecule has 0 saturated carbocycles. The van der Waals surface area contributed by atoms with Crippen molar-refractivity contribution in [3.63, 3.8) is 0 Å². The summed E-state index contributed by atoms with van der Waals surface area (Å²) in [4.78, 5) is 7.01. The van der Waals surface area contributed by atoms with Crippen molar-refractivity contribution in [2.24, 2.45) is 4.99 Å². The van der Waals surface area contributed by atoms with E-state index < -0.39 is 10.2 Å². The van der Waals surface area contributed by atoms with Gasteiger partial charge in [-0.1, -0.05) is 41.4 Å². The molecule has 2 aliphatic heterocycles. The minimum absolute atomic E-state index is 0.0272. The average molecular weight is 504 g/mol. The van der Waals surface area contributed by atoms with Crippen molar-refractivity contribution in [2.75, 3.05) is 13.1 Å². The maximum atomic E-state index is 12.3. The van der Waals surface area contributed by atoms with Gasteiger partial charge in [0.2, 0.25) is 0 Å². The van der Waals surface area contributed by atoms with Gasteiger partial charge in [-0.15, -0.1) is 0 Å². The summed E-state index contributed by atoms with van der Waals surface area (Å²) in [6.45, 7) is 2.53. The molecule has 0 spiro atoms. The highest BCUT2D eigenvalue weighted by Crippen LogP contribution is 2.27. The van der Waals surface area contributed by atoms with E-state index in [9.17, 15) is 8.42 Å². The third-order valence-corrected chi connectivity index (χ3v) is 7.33. The van der Waals surface area contributed by atoms with Crippen molar-refractivity contribution in [2.45, 2.75) is 31.8 Å². The van der Waals surface area contributed by atoms with Gasteiger partial charge < -0.3 is 0 Å². The molecule has 7 nitrogen and oxygen atoms in total. The van der Waals surface area contributed by atoms with Crippen LogP contribution in [0.2, 0.25) is 10.0 Å². The number of piperidine rings is 1. The van der Waals surface area contributed by atoms with Crippen LogP contribution in [-0.4, -0.2) is 38.3 Å². The molecule has 0 aromatic heterocycles. The number of nitrogens with one attached hydrogen (secondary N) is 2. The Morgan fingerprint density at radius 3 is 2.36 bits per heavy atom. The van der Waals surface area contributed by atoms with Gasteiger partial charge in [-0.25, -0.2) is 0 Å². The predicted molar refractivity (Wildman–Crippen MR) is 130 cm³/mol. The van der Waals surface area contributed by atoms with Crippen molar-refractivity contribution in [1.82, 2.24) is 14.3 Å². The lowest BCUT2D eigenvalue weighted by Gasteiger charge is -2.31. The van der Waals surface area contributed by atoms with Gasteiger partial charge in [-0.05, 0) is 48.2 Å². The molecule has 1 saturated heterocycles. The Labute approximate surface area is 203 Å². The van der Waals surface area contributed by atoms with Gasteiger partial charge in [-0.3, -0.25) is 19.3 Å². The van der Waals surface area contributed by atoms with Gasteiger partial charge in [0, 0.05) is 47.9 Å². The molecule has 2 heterocycles. The topological polar surface area (TPSA) is 97.6 Å². The minimum Gasteiger partial charge on any atom is -0.299 e. The number of hydrogen-bond donors (Lipinski definition) is 2. The van der Waals surface area contributed by atoms with Gasteiger partial charge in [0.15, 0.2) is 0 Å². The Hall–Kier alpha value is -2.57. The van der Waals surface area contributed by atoms with E-state index in [0.717, 1.165) is 38.0 Å². The van der Waals surface area contributed by atoms with Crippen LogP contribution in [0.1, 0.15) is 29.5 Å². The number of allylic oxidation sites excluding steroid dienone is 1. The molecule has 2 aliphatic rings. The Balaban J connectivity index is 1.41. The number of aliphatic imine (C=N–C) groups is 1. The van der Waals surface area contributed by atoms with E-state index in [2.05, 4.69) is 25.4 Å². The molecule has 172 valence electrons. The molecule has 1 fully saturated rings. The summed E-state index contributed by atoms with van der Waals surface area (Å²) in [5.41, 5.74) is 2.94. The summed E-state index contributed by atoms with van der Waals surface area (Å²) < 4.78 is 29.6. The molecule has 0 radical (unpaired) electrons. The van der Waals surface area contributed by atoms with Crippen molar-refractivity contribution in [1.29, 1.82) is 5.26 Å². The zero-order chi connectivity index (χ0) is 23.4. The fourth-order valence-electron chi connectivity index (χ4n) is 3.95. The summed E-state index contributed by atoms with van der Waals surface area (Å²) >= 11 is 12.5.